The Morgan fingerprint density at radius 2 is 1.82 bits per heavy atom. The van der Waals surface area contributed by atoms with Gasteiger partial charge in [-0.15, -0.1) is 11.3 Å². The lowest BCUT2D eigenvalue weighted by Crippen LogP contribution is -2.07. The molecule has 0 bridgehead atoms. The van der Waals surface area contributed by atoms with Gasteiger partial charge < -0.3 is 9.84 Å². The third kappa shape index (κ3) is 5.69. The lowest BCUT2D eigenvalue weighted by molar-refractivity contribution is -0.136. The molecular weight excluding hydrogens is 444 g/mol. The Hall–Kier alpha value is -3.51. The van der Waals surface area contributed by atoms with Gasteiger partial charge in [0.25, 0.3) is 0 Å². The number of carboxylic acid groups (broad SMARTS) is 1. The van der Waals surface area contributed by atoms with Gasteiger partial charge >= 0.3 is 5.97 Å². The quantitative estimate of drug-likeness (QED) is 0.294. The number of pyridine rings is 1. The van der Waals surface area contributed by atoms with Crippen molar-refractivity contribution in [3.63, 3.8) is 0 Å². The molecule has 1 N–H and O–H groups in total. The Bertz CT molecular complexity index is 1270. The number of thiazole rings is 1. The average molecular weight is 473 g/mol. The van der Waals surface area contributed by atoms with Crippen molar-refractivity contribution in [3.8, 4) is 27.6 Å². The van der Waals surface area contributed by atoms with Crippen molar-refractivity contribution in [2.45, 2.75) is 39.5 Å². The van der Waals surface area contributed by atoms with Gasteiger partial charge in [0, 0.05) is 34.5 Å². The molecule has 6 heteroatoms. The van der Waals surface area contributed by atoms with Crippen molar-refractivity contribution in [1.82, 2.24) is 9.97 Å². The Kier molecular flexibility index (Phi) is 7.38. The first-order valence-electron chi connectivity index (χ1n) is 11.3. The Morgan fingerprint density at radius 1 is 1.06 bits per heavy atom. The molecule has 2 heterocycles. The highest BCUT2D eigenvalue weighted by Gasteiger charge is 2.17. The molecule has 0 saturated carbocycles. The van der Waals surface area contributed by atoms with Crippen LogP contribution in [0.3, 0.4) is 0 Å². The molecule has 1 unspecified atom stereocenters. The van der Waals surface area contributed by atoms with Crippen molar-refractivity contribution >= 4 is 17.3 Å². The second kappa shape index (κ2) is 10.6. The number of aryl methyl sites for hydroxylation is 3. The van der Waals surface area contributed by atoms with E-state index in [1.165, 1.54) is 4.88 Å². The molecule has 0 spiro atoms. The topological polar surface area (TPSA) is 72.3 Å². The molecule has 0 fully saturated rings. The van der Waals surface area contributed by atoms with E-state index in [0.717, 1.165) is 44.4 Å². The van der Waals surface area contributed by atoms with Crippen molar-refractivity contribution in [1.29, 1.82) is 0 Å². The van der Waals surface area contributed by atoms with Gasteiger partial charge in [-0.1, -0.05) is 43.3 Å². The Morgan fingerprint density at radius 3 is 2.50 bits per heavy atom. The predicted molar refractivity (Wildman–Crippen MR) is 137 cm³/mol. The Labute approximate surface area is 204 Å². The van der Waals surface area contributed by atoms with Crippen LogP contribution < -0.4 is 4.74 Å². The summed E-state index contributed by atoms with van der Waals surface area (Å²) in [5.74, 6) is 0.221. The molecule has 0 aliphatic carbocycles. The summed E-state index contributed by atoms with van der Waals surface area (Å²) in [6, 6.07) is 20.2. The van der Waals surface area contributed by atoms with Crippen LogP contribution >= 0.6 is 11.3 Å². The molecule has 2 aromatic carbocycles. The van der Waals surface area contributed by atoms with Crippen LogP contribution in [0.15, 0.2) is 66.9 Å². The van der Waals surface area contributed by atoms with Gasteiger partial charge in [0.15, 0.2) is 0 Å². The van der Waals surface area contributed by atoms with Crippen LogP contribution in [0.4, 0.5) is 0 Å². The largest absolute Gasteiger partial charge is 0.493 e. The maximum Gasteiger partial charge on any atom is 0.303 e. The summed E-state index contributed by atoms with van der Waals surface area (Å²) in [4.78, 5) is 21.3. The highest BCUT2D eigenvalue weighted by Crippen LogP contribution is 2.34. The molecule has 0 aliphatic heterocycles. The molecule has 5 nitrogen and oxygen atoms in total. The third-order valence-corrected chi connectivity index (χ3v) is 7.23. The maximum atomic E-state index is 10.8. The van der Waals surface area contributed by atoms with E-state index in [1.54, 1.807) is 17.5 Å². The molecule has 0 aliphatic rings. The van der Waals surface area contributed by atoms with Crippen LogP contribution in [0.25, 0.3) is 21.8 Å². The zero-order valence-electron chi connectivity index (χ0n) is 19.6. The van der Waals surface area contributed by atoms with E-state index in [-0.39, 0.29) is 12.3 Å². The molecule has 174 valence electrons. The van der Waals surface area contributed by atoms with Gasteiger partial charge in [-0.25, -0.2) is 4.98 Å². The number of carbonyl (C=O) groups is 1. The van der Waals surface area contributed by atoms with Crippen LogP contribution in [0.5, 0.6) is 5.75 Å². The van der Waals surface area contributed by atoms with E-state index in [0.29, 0.717) is 13.0 Å². The molecule has 34 heavy (non-hydrogen) atoms. The van der Waals surface area contributed by atoms with Crippen molar-refractivity contribution < 1.29 is 14.6 Å². The predicted octanol–water partition coefficient (Wildman–Crippen LogP) is 6.69. The maximum absolute atomic E-state index is 10.8. The zero-order chi connectivity index (χ0) is 24.1. The molecule has 4 aromatic rings. The van der Waals surface area contributed by atoms with Crippen molar-refractivity contribution in [2.75, 3.05) is 6.61 Å². The summed E-state index contributed by atoms with van der Waals surface area (Å²) in [6.45, 7) is 6.75. The number of ether oxygens (including phenoxy) is 1. The number of hydrogen-bond donors (Lipinski definition) is 1. The van der Waals surface area contributed by atoms with Crippen LogP contribution in [-0.2, 0) is 11.2 Å². The summed E-state index contributed by atoms with van der Waals surface area (Å²) >= 11 is 1.71. The summed E-state index contributed by atoms with van der Waals surface area (Å²) in [5, 5.41) is 9.90. The van der Waals surface area contributed by atoms with E-state index in [1.807, 2.05) is 43.3 Å². The number of nitrogens with zero attached hydrogens (tertiary/aromatic N) is 2. The highest BCUT2D eigenvalue weighted by molar-refractivity contribution is 7.15. The standard InChI is InChI=1S/C28H28N2O3S/c1-18-16-24(13-11-21(18)12-14-26(31)32)33-17-19(2)27-20(3)30-28(34-27)23-9-7-22(8-10-23)25-6-4-5-15-29-25/h4-11,13,15-16,19H,12,14,17H2,1-3H3,(H,31,32). The first-order chi connectivity index (χ1) is 16.4. The van der Waals surface area contributed by atoms with E-state index in [9.17, 15) is 4.79 Å². The summed E-state index contributed by atoms with van der Waals surface area (Å²) < 4.78 is 6.07. The molecule has 0 amide bonds. The van der Waals surface area contributed by atoms with Gasteiger partial charge in [-0.3, -0.25) is 9.78 Å². The fourth-order valence-corrected chi connectivity index (χ4v) is 4.99. The zero-order valence-corrected chi connectivity index (χ0v) is 20.4. The molecule has 1 atom stereocenters. The number of carboxylic acids is 1. The lowest BCUT2D eigenvalue weighted by atomic mass is 10.0. The first-order valence-corrected chi connectivity index (χ1v) is 12.2. The first kappa shape index (κ1) is 23.6. The summed E-state index contributed by atoms with van der Waals surface area (Å²) in [6.07, 6.45) is 2.47. The number of rotatable bonds is 9. The smallest absolute Gasteiger partial charge is 0.303 e. The lowest BCUT2D eigenvalue weighted by Gasteiger charge is -2.14. The van der Waals surface area contributed by atoms with Crippen molar-refractivity contribution in [3.05, 3.63) is 88.6 Å². The van der Waals surface area contributed by atoms with Gasteiger partial charge in [0.05, 0.1) is 18.0 Å². The van der Waals surface area contributed by atoms with Crippen LogP contribution in [0, 0.1) is 13.8 Å². The minimum Gasteiger partial charge on any atom is -0.493 e. The SMILES string of the molecule is Cc1cc(OCC(C)c2sc(-c3ccc(-c4ccccn4)cc3)nc2C)ccc1CCC(=O)O. The number of hydrogen-bond acceptors (Lipinski definition) is 5. The van der Waals surface area contributed by atoms with E-state index in [4.69, 9.17) is 14.8 Å². The van der Waals surface area contributed by atoms with Crippen LogP contribution in [0.1, 0.15) is 41.0 Å². The van der Waals surface area contributed by atoms with Gasteiger partial charge in [0.2, 0.25) is 0 Å². The van der Waals surface area contributed by atoms with E-state index < -0.39 is 5.97 Å². The fourth-order valence-electron chi connectivity index (χ4n) is 3.88. The number of aromatic nitrogens is 2. The fraction of sp³-hybridized carbons (Fsp3) is 0.250. The minimum absolute atomic E-state index is 0.136. The van der Waals surface area contributed by atoms with E-state index >= 15 is 0 Å². The van der Waals surface area contributed by atoms with Gasteiger partial charge in [-0.05, 0) is 55.7 Å². The number of benzene rings is 2. The summed E-state index contributed by atoms with van der Waals surface area (Å²) in [7, 11) is 0. The van der Waals surface area contributed by atoms with E-state index in [2.05, 4.69) is 43.1 Å². The van der Waals surface area contributed by atoms with Crippen molar-refractivity contribution in [2.24, 2.45) is 0 Å². The summed E-state index contributed by atoms with van der Waals surface area (Å²) in [5.41, 5.74) is 6.27. The second-order valence-electron chi connectivity index (χ2n) is 8.46. The van der Waals surface area contributed by atoms with Gasteiger partial charge in [-0.2, -0.15) is 0 Å². The molecule has 0 radical (unpaired) electrons. The molecule has 4 rings (SSSR count). The monoisotopic (exact) mass is 472 g/mol. The second-order valence-corrected chi connectivity index (χ2v) is 9.49. The van der Waals surface area contributed by atoms with Gasteiger partial charge in [0.1, 0.15) is 10.8 Å². The average Bonchev–Trinajstić information content (AvgIpc) is 3.24. The number of aliphatic carboxylic acids is 1. The highest BCUT2D eigenvalue weighted by atomic mass is 32.1. The molecule has 0 saturated heterocycles. The third-order valence-electron chi connectivity index (χ3n) is 5.79. The van der Waals surface area contributed by atoms with Crippen LogP contribution in [-0.4, -0.2) is 27.7 Å². The Balaban J connectivity index is 1.41. The molecular formula is C28H28N2O3S. The normalized spacial score (nSPS) is 11.9. The molecule has 2 aromatic heterocycles. The van der Waals surface area contributed by atoms with Crippen LogP contribution in [0.2, 0.25) is 0 Å². The minimum atomic E-state index is -0.781.